The molecule has 0 fully saturated rings. The zero-order valence-corrected chi connectivity index (χ0v) is 13.9. The van der Waals surface area contributed by atoms with E-state index in [4.69, 9.17) is 9.47 Å². The van der Waals surface area contributed by atoms with Gasteiger partial charge in [-0.25, -0.2) is 4.79 Å². The molecule has 0 saturated heterocycles. The summed E-state index contributed by atoms with van der Waals surface area (Å²) < 4.78 is 9.93. The van der Waals surface area contributed by atoms with Gasteiger partial charge in [0.2, 0.25) is 0 Å². The topological polar surface area (TPSA) is 72.8 Å². The van der Waals surface area contributed by atoms with Gasteiger partial charge in [0.25, 0.3) is 0 Å². The number of phenols is 1. The summed E-state index contributed by atoms with van der Waals surface area (Å²) in [4.78, 5) is 24.1. The zero-order chi connectivity index (χ0) is 17.7. The summed E-state index contributed by atoms with van der Waals surface area (Å²) in [5.41, 5.74) is 1.59. The van der Waals surface area contributed by atoms with E-state index in [9.17, 15) is 14.7 Å². The van der Waals surface area contributed by atoms with E-state index in [-0.39, 0.29) is 23.7 Å². The van der Waals surface area contributed by atoms with Gasteiger partial charge in [-0.2, -0.15) is 0 Å². The van der Waals surface area contributed by atoms with Crippen molar-refractivity contribution in [3.05, 3.63) is 59.2 Å². The molecule has 0 saturated carbocycles. The number of methoxy groups -OCH3 is 1. The lowest BCUT2D eigenvalue weighted by molar-refractivity contribution is 0.0471. The molecule has 5 heteroatoms. The molecule has 5 nitrogen and oxygen atoms in total. The first-order valence-electron chi connectivity index (χ1n) is 7.59. The number of aromatic hydroxyl groups is 1. The van der Waals surface area contributed by atoms with Gasteiger partial charge in [0.1, 0.15) is 17.1 Å². The van der Waals surface area contributed by atoms with Gasteiger partial charge in [-0.3, -0.25) is 4.79 Å². The van der Waals surface area contributed by atoms with Crippen LogP contribution in [0.5, 0.6) is 11.5 Å². The number of carbonyl (C=O) groups is 2. The van der Waals surface area contributed by atoms with Crippen LogP contribution < -0.4 is 4.74 Å². The molecule has 0 spiro atoms. The van der Waals surface area contributed by atoms with Crippen LogP contribution in [0.1, 0.15) is 46.0 Å². The third-order valence-electron chi connectivity index (χ3n) is 3.66. The van der Waals surface area contributed by atoms with Crippen molar-refractivity contribution in [2.45, 2.75) is 19.8 Å². The Morgan fingerprint density at radius 1 is 1.08 bits per heavy atom. The number of ether oxygens (including phenoxy) is 2. The first-order valence-corrected chi connectivity index (χ1v) is 7.59. The number of Topliss-reactive ketones (excluding diaryl/α,β-unsaturated/α-hetero) is 1. The molecule has 2 aromatic carbocycles. The molecule has 126 valence electrons. The maximum Gasteiger partial charge on any atom is 0.342 e. The number of carbonyl (C=O) groups excluding carboxylic acids is 2. The van der Waals surface area contributed by atoms with E-state index in [1.807, 2.05) is 12.1 Å². The van der Waals surface area contributed by atoms with E-state index in [1.165, 1.54) is 25.3 Å². The fraction of sp³-hybridized carbons (Fsp3) is 0.263. The molecule has 0 radical (unpaired) electrons. The van der Waals surface area contributed by atoms with Crippen LogP contribution in [-0.2, 0) is 4.74 Å². The summed E-state index contributed by atoms with van der Waals surface area (Å²) in [6.07, 6.45) is 0. The number of esters is 1. The Morgan fingerprint density at radius 3 is 2.29 bits per heavy atom. The molecule has 2 aromatic rings. The van der Waals surface area contributed by atoms with Crippen molar-refractivity contribution in [1.29, 1.82) is 0 Å². The molecule has 0 bridgehead atoms. The van der Waals surface area contributed by atoms with Gasteiger partial charge in [-0.1, -0.05) is 38.1 Å². The van der Waals surface area contributed by atoms with Gasteiger partial charge in [0.05, 0.1) is 7.11 Å². The molecular weight excluding hydrogens is 308 g/mol. The number of benzene rings is 2. The Bertz CT molecular complexity index is 732. The van der Waals surface area contributed by atoms with E-state index in [0.717, 1.165) is 5.56 Å². The summed E-state index contributed by atoms with van der Waals surface area (Å²) in [5, 5.41) is 9.79. The van der Waals surface area contributed by atoms with Crippen LogP contribution in [0.2, 0.25) is 0 Å². The molecule has 24 heavy (non-hydrogen) atoms. The predicted molar refractivity (Wildman–Crippen MR) is 89.8 cm³/mol. The van der Waals surface area contributed by atoms with E-state index in [0.29, 0.717) is 17.2 Å². The van der Waals surface area contributed by atoms with Crippen LogP contribution in [0.4, 0.5) is 0 Å². The first kappa shape index (κ1) is 17.5. The highest BCUT2D eigenvalue weighted by Gasteiger charge is 2.16. The fourth-order valence-electron chi connectivity index (χ4n) is 2.16. The second-order valence-electron chi connectivity index (χ2n) is 5.66. The SMILES string of the molecule is COc1ccc(C(=O)OCC(=O)c2ccc(C(C)C)cc2)c(O)c1. The van der Waals surface area contributed by atoms with Crippen LogP contribution >= 0.6 is 0 Å². The highest BCUT2D eigenvalue weighted by molar-refractivity contribution is 6.00. The number of rotatable bonds is 6. The lowest BCUT2D eigenvalue weighted by atomic mass is 10.0. The Hall–Kier alpha value is -2.82. The van der Waals surface area contributed by atoms with Crippen LogP contribution in [0, 0.1) is 0 Å². The number of phenolic OH excluding ortho intramolecular Hbond substituents is 1. The normalized spacial score (nSPS) is 10.5. The Morgan fingerprint density at radius 2 is 1.75 bits per heavy atom. The van der Waals surface area contributed by atoms with Gasteiger partial charge >= 0.3 is 5.97 Å². The van der Waals surface area contributed by atoms with E-state index < -0.39 is 5.97 Å². The molecule has 0 atom stereocenters. The molecule has 0 aliphatic rings. The molecule has 0 heterocycles. The summed E-state index contributed by atoms with van der Waals surface area (Å²) in [6, 6.07) is 11.4. The third kappa shape index (κ3) is 4.13. The average Bonchev–Trinajstić information content (AvgIpc) is 2.59. The minimum atomic E-state index is -0.762. The van der Waals surface area contributed by atoms with E-state index >= 15 is 0 Å². The van der Waals surface area contributed by atoms with Crippen molar-refractivity contribution in [3.8, 4) is 11.5 Å². The highest BCUT2D eigenvalue weighted by Crippen LogP contribution is 2.24. The summed E-state index contributed by atoms with van der Waals surface area (Å²) in [7, 11) is 1.45. The minimum Gasteiger partial charge on any atom is -0.507 e. The van der Waals surface area contributed by atoms with Crippen molar-refractivity contribution < 1.29 is 24.2 Å². The van der Waals surface area contributed by atoms with Crippen molar-refractivity contribution in [2.75, 3.05) is 13.7 Å². The van der Waals surface area contributed by atoms with Gasteiger partial charge in [0.15, 0.2) is 12.4 Å². The van der Waals surface area contributed by atoms with Crippen LogP contribution in [-0.4, -0.2) is 30.6 Å². The fourth-order valence-corrected chi connectivity index (χ4v) is 2.16. The van der Waals surface area contributed by atoms with Gasteiger partial charge in [-0.15, -0.1) is 0 Å². The standard InChI is InChI=1S/C19H20O5/c1-12(2)13-4-6-14(7-5-13)18(21)11-24-19(22)16-9-8-15(23-3)10-17(16)20/h4-10,12,20H,11H2,1-3H3. The van der Waals surface area contributed by atoms with Crippen molar-refractivity contribution in [3.63, 3.8) is 0 Å². The van der Waals surface area contributed by atoms with Gasteiger partial charge in [-0.05, 0) is 23.6 Å². The Balaban J connectivity index is 1.99. The van der Waals surface area contributed by atoms with Crippen LogP contribution in [0.15, 0.2) is 42.5 Å². The zero-order valence-electron chi connectivity index (χ0n) is 13.9. The summed E-state index contributed by atoms with van der Waals surface area (Å²) in [6.45, 7) is 3.76. The van der Waals surface area contributed by atoms with E-state index in [2.05, 4.69) is 13.8 Å². The minimum absolute atomic E-state index is 0.0150. The molecule has 0 aliphatic heterocycles. The van der Waals surface area contributed by atoms with Gasteiger partial charge < -0.3 is 14.6 Å². The lowest BCUT2D eigenvalue weighted by Gasteiger charge is -2.08. The summed E-state index contributed by atoms with van der Waals surface area (Å²) >= 11 is 0. The number of ketones is 1. The molecular formula is C19H20O5. The van der Waals surface area contributed by atoms with Crippen molar-refractivity contribution in [1.82, 2.24) is 0 Å². The molecule has 0 amide bonds. The average molecular weight is 328 g/mol. The second-order valence-corrected chi connectivity index (χ2v) is 5.66. The number of hydrogen-bond acceptors (Lipinski definition) is 5. The first-order chi connectivity index (χ1) is 11.4. The Kier molecular flexibility index (Phi) is 5.58. The quantitative estimate of drug-likeness (QED) is 0.648. The maximum absolute atomic E-state index is 12.1. The lowest BCUT2D eigenvalue weighted by Crippen LogP contribution is -2.14. The smallest absolute Gasteiger partial charge is 0.342 e. The summed E-state index contributed by atoms with van der Waals surface area (Å²) in [5.74, 6) is -0.516. The third-order valence-corrected chi connectivity index (χ3v) is 3.66. The second kappa shape index (κ2) is 7.64. The van der Waals surface area contributed by atoms with Crippen LogP contribution in [0.3, 0.4) is 0 Å². The van der Waals surface area contributed by atoms with Crippen LogP contribution in [0.25, 0.3) is 0 Å². The largest absolute Gasteiger partial charge is 0.507 e. The Labute approximate surface area is 140 Å². The molecule has 1 N–H and O–H groups in total. The van der Waals surface area contributed by atoms with Crippen molar-refractivity contribution >= 4 is 11.8 Å². The molecule has 0 aromatic heterocycles. The molecule has 0 aliphatic carbocycles. The predicted octanol–water partition coefficient (Wildman–Crippen LogP) is 3.56. The highest BCUT2D eigenvalue weighted by atomic mass is 16.5. The van der Waals surface area contributed by atoms with Gasteiger partial charge in [0, 0.05) is 11.6 Å². The molecule has 2 rings (SSSR count). The van der Waals surface area contributed by atoms with E-state index in [1.54, 1.807) is 12.1 Å². The number of hydrogen-bond donors (Lipinski definition) is 1. The monoisotopic (exact) mass is 328 g/mol. The maximum atomic E-state index is 12.1. The van der Waals surface area contributed by atoms with Crippen molar-refractivity contribution in [2.24, 2.45) is 0 Å². The molecule has 0 unspecified atom stereocenters.